The summed E-state index contributed by atoms with van der Waals surface area (Å²) in [6, 6.07) is 20.8. The predicted octanol–water partition coefficient (Wildman–Crippen LogP) is 5.53. The fourth-order valence-electron chi connectivity index (χ4n) is 2.39. The fourth-order valence-corrected chi connectivity index (χ4v) is 2.39. The van der Waals surface area contributed by atoms with Crippen molar-refractivity contribution in [2.24, 2.45) is 5.92 Å². The highest BCUT2D eigenvalue weighted by Crippen LogP contribution is 2.23. The van der Waals surface area contributed by atoms with E-state index in [0.717, 1.165) is 0 Å². The van der Waals surface area contributed by atoms with Gasteiger partial charge in [-0.05, 0) is 16.7 Å². The van der Waals surface area contributed by atoms with Gasteiger partial charge in [-0.3, -0.25) is 0 Å². The second-order valence-corrected chi connectivity index (χ2v) is 5.09. The standard InChI is InChI=1S/C21H18/c1-3-8-18(9-4-1)14-16-20-12-7-13-21(20)17-15-19-10-5-2-6-11-19/h1-17,20H. The quantitative estimate of drug-likeness (QED) is 0.685. The molecule has 0 nitrogen and oxygen atoms in total. The molecule has 0 amide bonds. The highest BCUT2D eigenvalue weighted by atomic mass is 14.1. The Morgan fingerprint density at radius 2 is 1.29 bits per heavy atom. The van der Waals surface area contributed by atoms with Gasteiger partial charge in [-0.15, -0.1) is 0 Å². The Hall–Kier alpha value is -2.60. The van der Waals surface area contributed by atoms with Crippen molar-refractivity contribution in [3.05, 3.63) is 108 Å². The minimum Gasteiger partial charge on any atom is -0.0732 e. The fraction of sp³-hybridized carbons (Fsp3) is 0.0476. The molecule has 1 unspecified atom stereocenters. The summed E-state index contributed by atoms with van der Waals surface area (Å²) in [4.78, 5) is 0. The normalized spacial score (nSPS) is 17.7. The van der Waals surface area contributed by atoms with Crippen molar-refractivity contribution >= 4 is 12.2 Å². The average Bonchev–Trinajstić information content (AvgIpc) is 3.00. The molecule has 3 rings (SSSR count). The third-order valence-electron chi connectivity index (χ3n) is 3.56. The molecule has 1 aliphatic carbocycles. The Morgan fingerprint density at radius 1 is 0.667 bits per heavy atom. The summed E-state index contributed by atoms with van der Waals surface area (Å²) in [6.45, 7) is 0. The van der Waals surface area contributed by atoms with Gasteiger partial charge in [0.15, 0.2) is 0 Å². The van der Waals surface area contributed by atoms with Gasteiger partial charge < -0.3 is 0 Å². The van der Waals surface area contributed by atoms with Crippen LogP contribution in [0.3, 0.4) is 0 Å². The number of hydrogen-bond acceptors (Lipinski definition) is 0. The monoisotopic (exact) mass is 270 g/mol. The Bertz CT molecular complexity index is 685. The maximum atomic E-state index is 2.25. The van der Waals surface area contributed by atoms with Gasteiger partial charge in [-0.25, -0.2) is 0 Å². The van der Waals surface area contributed by atoms with Crippen molar-refractivity contribution in [2.75, 3.05) is 0 Å². The SMILES string of the molecule is C1=CC(C=Cc2ccccc2)C(C=Cc2ccccc2)=C1. The first kappa shape index (κ1) is 13.4. The average molecular weight is 270 g/mol. The zero-order chi connectivity index (χ0) is 14.3. The molecule has 0 saturated heterocycles. The molecule has 1 atom stereocenters. The summed E-state index contributed by atoms with van der Waals surface area (Å²) < 4.78 is 0. The van der Waals surface area contributed by atoms with E-state index >= 15 is 0 Å². The number of allylic oxidation sites excluding steroid dienone is 6. The molecule has 0 aromatic heterocycles. The highest BCUT2D eigenvalue weighted by molar-refractivity contribution is 5.57. The molecular weight excluding hydrogens is 252 g/mol. The van der Waals surface area contributed by atoms with Crippen LogP contribution in [0, 0.1) is 5.92 Å². The Balaban J connectivity index is 1.70. The molecule has 1 aliphatic rings. The number of hydrogen-bond donors (Lipinski definition) is 0. The molecule has 0 spiro atoms. The molecule has 0 N–H and O–H groups in total. The van der Waals surface area contributed by atoms with Crippen LogP contribution >= 0.6 is 0 Å². The topological polar surface area (TPSA) is 0 Å². The molecule has 0 bridgehead atoms. The van der Waals surface area contributed by atoms with Gasteiger partial charge >= 0.3 is 0 Å². The van der Waals surface area contributed by atoms with Crippen LogP contribution in [-0.4, -0.2) is 0 Å². The molecule has 0 aliphatic heterocycles. The van der Waals surface area contributed by atoms with Crippen LogP contribution in [0.15, 0.2) is 96.6 Å². The maximum absolute atomic E-state index is 2.25. The predicted molar refractivity (Wildman–Crippen MR) is 91.7 cm³/mol. The third-order valence-corrected chi connectivity index (χ3v) is 3.56. The summed E-state index contributed by atoms with van der Waals surface area (Å²) in [6.07, 6.45) is 15.3. The van der Waals surface area contributed by atoms with E-state index in [1.54, 1.807) is 0 Å². The maximum Gasteiger partial charge on any atom is 0.0205 e. The summed E-state index contributed by atoms with van der Waals surface area (Å²) >= 11 is 0. The number of rotatable bonds is 4. The Labute approximate surface area is 126 Å². The van der Waals surface area contributed by atoms with Crippen molar-refractivity contribution < 1.29 is 0 Å². The van der Waals surface area contributed by atoms with Gasteiger partial charge in [0.05, 0.1) is 0 Å². The van der Waals surface area contributed by atoms with Crippen molar-refractivity contribution in [1.29, 1.82) is 0 Å². The zero-order valence-electron chi connectivity index (χ0n) is 11.9. The molecule has 0 radical (unpaired) electrons. The van der Waals surface area contributed by atoms with Gasteiger partial charge in [-0.2, -0.15) is 0 Å². The largest absolute Gasteiger partial charge is 0.0732 e. The van der Waals surface area contributed by atoms with Gasteiger partial charge in [0.25, 0.3) is 0 Å². The second kappa shape index (κ2) is 6.71. The second-order valence-electron chi connectivity index (χ2n) is 5.09. The van der Waals surface area contributed by atoms with Gasteiger partial charge in [0, 0.05) is 5.92 Å². The lowest BCUT2D eigenvalue weighted by atomic mass is 10.00. The van der Waals surface area contributed by atoms with Gasteiger partial charge in [0.2, 0.25) is 0 Å². The smallest absolute Gasteiger partial charge is 0.0205 e. The minimum absolute atomic E-state index is 0.366. The molecule has 2 aromatic carbocycles. The van der Waals surface area contributed by atoms with Crippen LogP contribution in [0.1, 0.15) is 11.1 Å². The Kier molecular flexibility index (Phi) is 4.28. The third kappa shape index (κ3) is 3.70. The summed E-state index contributed by atoms with van der Waals surface area (Å²) in [5, 5.41) is 0. The van der Waals surface area contributed by atoms with Crippen LogP contribution < -0.4 is 0 Å². The van der Waals surface area contributed by atoms with Crippen LogP contribution in [0.25, 0.3) is 12.2 Å². The summed E-state index contributed by atoms with van der Waals surface area (Å²) in [7, 11) is 0. The summed E-state index contributed by atoms with van der Waals surface area (Å²) in [5.74, 6) is 0.366. The van der Waals surface area contributed by atoms with E-state index in [1.165, 1.54) is 16.7 Å². The lowest BCUT2D eigenvalue weighted by molar-refractivity contribution is 1.04. The van der Waals surface area contributed by atoms with E-state index in [2.05, 4.69) is 91.1 Å². The molecule has 102 valence electrons. The molecule has 0 heteroatoms. The van der Waals surface area contributed by atoms with E-state index in [9.17, 15) is 0 Å². The molecule has 0 heterocycles. The lowest BCUT2D eigenvalue weighted by Gasteiger charge is -2.05. The molecule has 2 aromatic rings. The molecule has 0 fully saturated rings. The Morgan fingerprint density at radius 3 is 1.95 bits per heavy atom. The van der Waals surface area contributed by atoms with E-state index in [4.69, 9.17) is 0 Å². The van der Waals surface area contributed by atoms with E-state index < -0.39 is 0 Å². The summed E-state index contributed by atoms with van der Waals surface area (Å²) in [5.41, 5.74) is 3.80. The first-order chi connectivity index (χ1) is 10.4. The van der Waals surface area contributed by atoms with Crippen molar-refractivity contribution in [2.45, 2.75) is 0 Å². The minimum atomic E-state index is 0.366. The van der Waals surface area contributed by atoms with Crippen LogP contribution in [0.4, 0.5) is 0 Å². The van der Waals surface area contributed by atoms with Crippen molar-refractivity contribution in [3.8, 4) is 0 Å². The highest BCUT2D eigenvalue weighted by Gasteiger charge is 2.08. The molecule has 0 saturated carbocycles. The van der Waals surface area contributed by atoms with Crippen molar-refractivity contribution in [1.82, 2.24) is 0 Å². The van der Waals surface area contributed by atoms with Gasteiger partial charge in [-0.1, -0.05) is 103 Å². The van der Waals surface area contributed by atoms with Crippen LogP contribution in [-0.2, 0) is 0 Å². The first-order valence-electron chi connectivity index (χ1n) is 7.26. The van der Waals surface area contributed by atoms with Crippen LogP contribution in [0.5, 0.6) is 0 Å². The van der Waals surface area contributed by atoms with Crippen molar-refractivity contribution in [3.63, 3.8) is 0 Å². The van der Waals surface area contributed by atoms with Crippen LogP contribution in [0.2, 0.25) is 0 Å². The van der Waals surface area contributed by atoms with Gasteiger partial charge in [0.1, 0.15) is 0 Å². The lowest BCUT2D eigenvalue weighted by Crippen LogP contribution is -1.90. The number of benzene rings is 2. The molecular formula is C21H18. The van der Waals surface area contributed by atoms with E-state index in [-0.39, 0.29) is 0 Å². The first-order valence-corrected chi connectivity index (χ1v) is 7.26. The zero-order valence-corrected chi connectivity index (χ0v) is 11.9. The van der Waals surface area contributed by atoms with E-state index in [1.807, 2.05) is 12.1 Å². The van der Waals surface area contributed by atoms with E-state index in [0.29, 0.717) is 5.92 Å². The molecule has 21 heavy (non-hydrogen) atoms.